The summed E-state index contributed by atoms with van der Waals surface area (Å²) in [5.74, 6) is -0.378. The van der Waals surface area contributed by atoms with Gasteiger partial charge in [-0.2, -0.15) is 0 Å². The molecule has 1 fully saturated rings. The van der Waals surface area contributed by atoms with E-state index in [0.717, 1.165) is 3.79 Å². The summed E-state index contributed by atoms with van der Waals surface area (Å²) in [7, 11) is 0. The molecule has 1 aromatic heterocycles. The molecule has 0 saturated carbocycles. The summed E-state index contributed by atoms with van der Waals surface area (Å²) in [5.41, 5.74) is 0.643. The third-order valence-electron chi connectivity index (χ3n) is 4.49. The Labute approximate surface area is 173 Å². The van der Waals surface area contributed by atoms with Crippen LogP contribution in [0, 0.1) is 5.92 Å². The van der Waals surface area contributed by atoms with Crippen LogP contribution in [0.15, 0.2) is 34.1 Å². The van der Waals surface area contributed by atoms with Crippen molar-refractivity contribution in [2.75, 3.05) is 31.3 Å². The number of nitrogens with zero attached hydrogens (tertiary/aromatic N) is 1. The number of thiophene rings is 1. The van der Waals surface area contributed by atoms with Gasteiger partial charge in [0.05, 0.1) is 14.6 Å². The fourth-order valence-electron chi connectivity index (χ4n) is 3.10. The van der Waals surface area contributed by atoms with Crippen LogP contribution in [0.3, 0.4) is 0 Å². The number of ether oxygens (including phenoxy) is 3. The lowest BCUT2D eigenvalue weighted by molar-refractivity contribution is -0.147. The topological polar surface area (TPSA) is 82.1 Å². The smallest absolute Gasteiger partial charge is 0.311 e. The number of hydrogen-bond acceptors (Lipinski definition) is 7. The number of benzene rings is 1. The van der Waals surface area contributed by atoms with E-state index >= 15 is 0 Å². The van der Waals surface area contributed by atoms with Gasteiger partial charge in [0.2, 0.25) is 11.7 Å². The highest BCUT2D eigenvalue weighted by Crippen LogP contribution is 2.36. The summed E-state index contributed by atoms with van der Waals surface area (Å²) in [6.07, 6.45) is 0.0476. The Kier molecular flexibility index (Phi) is 5.36. The van der Waals surface area contributed by atoms with Crippen LogP contribution >= 0.6 is 27.3 Å². The van der Waals surface area contributed by atoms with E-state index in [0.29, 0.717) is 35.3 Å². The fourth-order valence-corrected chi connectivity index (χ4v) is 4.42. The van der Waals surface area contributed by atoms with Gasteiger partial charge in [-0.25, -0.2) is 0 Å². The largest absolute Gasteiger partial charge is 0.486 e. The summed E-state index contributed by atoms with van der Waals surface area (Å²) in [5, 5.41) is 0. The van der Waals surface area contributed by atoms with Crippen LogP contribution in [-0.4, -0.2) is 44.0 Å². The molecule has 4 rings (SSSR count). The predicted molar refractivity (Wildman–Crippen MR) is 105 cm³/mol. The van der Waals surface area contributed by atoms with Crippen molar-refractivity contribution in [2.24, 2.45) is 5.92 Å². The number of carbonyl (C=O) groups is 3. The molecule has 9 heteroatoms. The minimum Gasteiger partial charge on any atom is -0.486 e. The normalized spacial score (nSPS) is 18.2. The summed E-state index contributed by atoms with van der Waals surface area (Å²) in [6.45, 7) is 0.814. The number of hydrogen-bond donors (Lipinski definition) is 0. The van der Waals surface area contributed by atoms with Crippen LogP contribution in [0.1, 0.15) is 16.1 Å². The maximum absolute atomic E-state index is 12.4. The molecular weight excluding hydrogens is 450 g/mol. The standard InChI is InChI=1S/C19H16BrNO6S/c20-17-4-3-16(28-17)13(22)10-27-19(24)11-7-18(23)21(9-11)12-1-2-14-15(8-12)26-6-5-25-14/h1-4,8,11H,5-7,9-10H2/t11-/m1/s1. The van der Waals surface area contributed by atoms with Crippen molar-refractivity contribution in [3.8, 4) is 11.5 Å². The number of ketones is 1. The second-order valence-corrected chi connectivity index (χ2v) is 8.83. The summed E-state index contributed by atoms with van der Waals surface area (Å²) < 4.78 is 17.0. The van der Waals surface area contributed by atoms with E-state index in [-0.39, 0.29) is 31.3 Å². The zero-order valence-corrected chi connectivity index (χ0v) is 17.1. The Morgan fingerprint density at radius 1 is 1.18 bits per heavy atom. The van der Waals surface area contributed by atoms with E-state index < -0.39 is 11.9 Å². The molecule has 7 nitrogen and oxygen atoms in total. The molecule has 2 aromatic rings. The maximum Gasteiger partial charge on any atom is 0.311 e. The molecule has 3 heterocycles. The van der Waals surface area contributed by atoms with Crippen LogP contribution in [0.5, 0.6) is 11.5 Å². The third kappa shape index (κ3) is 3.90. The first-order valence-electron chi connectivity index (χ1n) is 8.66. The number of rotatable bonds is 5. The SMILES string of the molecule is O=C(COC(=O)[C@@H]1CC(=O)N(c2ccc3c(c2)OCCO3)C1)c1ccc(Br)s1. The van der Waals surface area contributed by atoms with E-state index in [1.807, 2.05) is 0 Å². The lowest BCUT2D eigenvalue weighted by Crippen LogP contribution is -2.27. The first-order chi connectivity index (χ1) is 13.5. The average Bonchev–Trinajstić information content (AvgIpc) is 3.31. The van der Waals surface area contributed by atoms with E-state index in [1.165, 1.54) is 16.2 Å². The van der Waals surface area contributed by atoms with Gasteiger partial charge in [0.15, 0.2) is 18.1 Å². The zero-order valence-electron chi connectivity index (χ0n) is 14.7. The van der Waals surface area contributed by atoms with Crippen LogP contribution in [0.4, 0.5) is 5.69 Å². The Balaban J connectivity index is 1.37. The second kappa shape index (κ2) is 7.92. The molecule has 28 heavy (non-hydrogen) atoms. The van der Waals surface area contributed by atoms with E-state index in [9.17, 15) is 14.4 Å². The maximum atomic E-state index is 12.4. The lowest BCUT2D eigenvalue weighted by Gasteiger charge is -2.22. The first kappa shape index (κ1) is 18.9. The van der Waals surface area contributed by atoms with Crippen molar-refractivity contribution < 1.29 is 28.6 Å². The fraction of sp³-hybridized carbons (Fsp3) is 0.316. The number of anilines is 1. The van der Waals surface area contributed by atoms with Gasteiger partial charge in [0, 0.05) is 24.7 Å². The Morgan fingerprint density at radius 3 is 2.71 bits per heavy atom. The molecule has 146 valence electrons. The quantitative estimate of drug-likeness (QED) is 0.498. The van der Waals surface area contributed by atoms with Crippen molar-refractivity contribution in [1.82, 2.24) is 0 Å². The molecule has 1 atom stereocenters. The highest BCUT2D eigenvalue weighted by atomic mass is 79.9. The van der Waals surface area contributed by atoms with Gasteiger partial charge in [0.25, 0.3) is 0 Å². The third-order valence-corrected chi connectivity index (χ3v) is 6.15. The van der Waals surface area contributed by atoms with Crippen molar-refractivity contribution in [2.45, 2.75) is 6.42 Å². The molecule has 1 amide bonds. The van der Waals surface area contributed by atoms with E-state index in [4.69, 9.17) is 14.2 Å². The predicted octanol–water partition coefficient (Wildman–Crippen LogP) is 3.06. The van der Waals surface area contributed by atoms with Gasteiger partial charge in [0.1, 0.15) is 13.2 Å². The van der Waals surface area contributed by atoms with Gasteiger partial charge < -0.3 is 19.1 Å². The van der Waals surface area contributed by atoms with Crippen molar-refractivity contribution in [1.29, 1.82) is 0 Å². The zero-order chi connectivity index (χ0) is 19.7. The van der Waals surface area contributed by atoms with E-state index in [2.05, 4.69) is 15.9 Å². The molecule has 0 spiro atoms. The number of Topliss-reactive ketones (excluding diaryl/α,β-unsaturated/α-hetero) is 1. The Hall–Kier alpha value is -2.39. The minimum absolute atomic E-state index is 0.0476. The van der Waals surface area contributed by atoms with Crippen LogP contribution in [0.25, 0.3) is 0 Å². The van der Waals surface area contributed by atoms with Crippen molar-refractivity contribution >= 4 is 50.6 Å². The Bertz CT molecular complexity index is 942. The monoisotopic (exact) mass is 465 g/mol. The number of esters is 1. The second-order valence-electron chi connectivity index (χ2n) is 6.37. The van der Waals surface area contributed by atoms with Crippen LogP contribution in [-0.2, 0) is 14.3 Å². The number of carbonyl (C=O) groups excluding carboxylic acids is 3. The minimum atomic E-state index is -0.608. The molecule has 2 aliphatic rings. The summed E-state index contributed by atoms with van der Waals surface area (Å²) in [6, 6.07) is 8.68. The summed E-state index contributed by atoms with van der Waals surface area (Å²) >= 11 is 4.57. The molecule has 0 radical (unpaired) electrons. The number of fused-ring (bicyclic) bond motifs is 1. The molecule has 0 N–H and O–H groups in total. The van der Waals surface area contributed by atoms with Crippen LogP contribution in [0.2, 0.25) is 0 Å². The molecule has 1 saturated heterocycles. The highest BCUT2D eigenvalue weighted by Gasteiger charge is 2.37. The Morgan fingerprint density at radius 2 is 1.96 bits per heavy atom. The van der Waals surface area contributed by atoms with Gasteiger partial charge in [-0.3, -0.25) is 14.4 Å². The molecule has 0 bridgehead atoms. The number of halogens is 1. The number of amides is 1. The first-order valence-corrected chi connectivity index (χ1v) is 10.3. The molecular formula is C19H16BrNO6S. The van der Waals surface area contributed by atoms with Crippen LogP contribution < -0.4 is 14.4 Å². The summed E-state index contributed by atoms with van der Waals surface area (Å²) in [4.78, 5) is 38.9. The van der Waals surface area contributed by atoms with Crippen molar-refractivity contribution in [3.63, 3.8) is 0 Å². The van der Waals surface area contributed by atoms with Gasteiger partial charge in [-0.05, 0) is 40.2 Å². The molecule has 0 aliphatic carbocycles. The van der Waals surface area contributed by atoms with Gasteiger partial charge in [-0.15, -0.1) is 11.3 Å². The average molecular weight is 466 g/mol. The van der Waals surface area contributed by atoms with E-state index in [1.54, 1.807) is 30.3 Å². The molecule has 1 aromatic carbocycles. The van der Waals surface area contributed by atoms with Crippen molar-refractivity contribution in [3.05, 3.63) is 39.0 Å². The molecule has 2 aliphatic heterocycles. The molecule has 0 unspecified atom stereocenters. The highest BCUT2D eigenvalue weighted by molar-refractivity contribution is 9.11. The van der Waals surface area contributed by atoms with Gasteiger partial charge in [-0.1, -0.05) is 0 Å². The van der Waals surface area contributed by atoms with Gasteiger partial charge >= 0.3 is 5.97 Å². The lowest BCUT2D eigenvalue weighted by atomic mass is 10.1.